The Balaban J connectivity index is 1.45. The fourth-order valence-electron chi connectivity index (χ4n) is 3.46. The van der Waals surface area contributed by atoms with Crippen LogP contribution in [-0.4, -0.2) is 32.8 Å². The van der Waals surface area contributed by atoms with Crippen molar-refractivity contribution < 1.29 is 14.0 Å². The molecule has 1 aliphatic heterocycles. The number of hydrogen-bond donors (Lipinski definition) is 1. The number of amides is 2. The summed E-state index contributed by atoms with van der Waals surface area (Å²) < 4.78 is 7.20. The van der Waals surface area contributed by atoms with E-state index in [1.54, 1.807) is 18.5 Å². The van der Waals surface area contributed by atoms with Crippen molar-refractivity contribution in [3.05, 3.63) is 41.9 Å². The largest absolute Gasteiger partial charge is 0.467 e. The predicted molar refractivity (Wildman–Crippen MR) is 89.6 cm³/mol. The molecule has 1 saturated carbocycles. The van der Waals surface area contributed by atoms with Crippen LogP contribution in [0.3, 0.4) is 0 Å². The summed E-state index contributed by atoms with van der Waals surface area (Å²) in [5, 5.41) is 2.81. The van der Waals surface area contributed by atoms with Crippen molar-refractivity contribution in [1.82, 2.24) is 19.8 Å². The van der Waals surface area contributed by atoms with E-state index < -0.39 is 0 Å². The molecule has 3 heterocycles. The van der Waals surface area contributed by atoms with Gasteiger partial charge < -0.3 is 19.2 Å². The number of nitrogens with one attached hydrogen (secondary N) is 1. The summed E-state index contributed by atoms with van der Waals surface area (Å²) in [6.45, 7) is 3.67. The molecule has 7 heteroatoms. The molecule has 1 N–H and O–H groups in total. The van der Waals surface area contributed by atoms with E-state index in [1.165, 1.54) is 0 Å². The van der Waals surface area contributed by atoms with Gasteiger partial charge in [-0.2, -0.15) is 0 Å². The van der Waals surface area contributed by atoms with E-state index in [2.05, 4.69) is 10.3 Å². The molecule has 1 atom stereocenters. The molecule has 0 spiro atoms. The minimum atomic E-state index is -0.234. The Kier molecular flexibility index (Phi) is 4.07. The van der Waals surface area contributed by atoms with Crippen molar-refractivity contribution in [2.45, 2.75) is 45.3 Å². The lowest BCUT2D eigenvalue weighted by Crippen LogP contribution is -2.45. The molecule has 0 saturated heterocycles. The molecule has 7 nitrogen and oxygen atoms in total. The van der Waals surface area contributed by atoms with Crippen LogP contribution in [0.2, 0.25) is 0 Å². The minimum Gasteiger partial charge on any atom is -0.467 e. The Bertz CT molecular complexity index is 776. The Morgan fingerprint density at radius 3 is 2.88 bits per heavy atom. The summed E-state index contributed by atoms with van der Waals surface area (Å²) in [6.07, 6.45) is 6.49. The summed E-state index contributed by atoms with van der Waals surface area (Å²) in [6, 6.07) is 3.49. The van der Waals surface area contributed by atoms with Gasteiger partial charge in [-0.15, -0.1) is 0 Å². The zero-order valence-electron chi connectivity index (χ0n) is 14.3. The smallest absolute Gasteiger partial charge is 0.271 e. The van der Waals surface area contributed by atoms with Gasteiger partial charge in [0.1, 0.15) is 17.3 Å². The molecule has 4 rings (SSSR count). The highest BCUT2D eigenvalue weighted by Gasteiger charge is 2.36. The van der Waals surface area contributed by atoms with Crippen LogP contribution in [0.25, 0.3) is 0 Å². The lowest BCUT2D eigenvalue weighted by Gasteiger charge is -2.38. The molecule has 1 aliphatic carbocycles. The van der Waals surface area contributed by atoms with Gasteiger partial charge in [-0.3, -0.25) is 9.59 Å². The molecular formula is C18H22N4O3. The number of rotatable bonds is 4. The Morgan fingerprint density at radius 1 is 1.36 bits per heavy atom. The summed E-state index contributed by atoms with van der Waals surface area (Å²) in [7, 11) is 0. The zero-order chi connectivity index (χ0) is 17.4. The van der Waals surface area contributed by atoms with Crippen LogP contribution in [0.5, 0.6) is 0 Å². The molecule has 2 aromatic rings. The first-order valence-electron chi connectivity index (χ1n) is 8.81. The lowest BCUT2D eigenvalue weighted by molar-refractivity contribution is -0.141. The maximum atomic E-state index is 12.6. The van der Waals surface area contributed by atoms with Gasteiger partial charge in [-0.05, 0) is 31.9 Å². The van der Waals surface area contributed by atoms with Crippen LogP contribution < -0.4 is 5.32 Å². The van der Waals surface area contributed by atoms with Crippen molar-refractivity contribution in [2.24, 2.45) is 5.92 Å². The number of carbonyl (C=O) groups excluding carboxylic acids is 2. The summed E-state index contributed by atoms with van der Waals surface area (Å²) in [5.74, 6) is 1.66. The second kappa shape index (κ2) is 6.38. The topological polar surface area (TPSA) is 80.4 Å². The molecule has 0 radical (unpaired) electrons. The standard InChI is InChI=1S/C18H22N4O3/c1-12-16-20-15(17(23)19-10-14-6-3-9-25-14)11-21(16)7-8-22(12)18(24)13-4-2-5-13/h3,6,9,11-13H,2,4-5,7-8,10H2,1H3,(H,19,23)/t12-/m1/s1. The average Bonchev–Trinajstić information content (AvgIpc) is 3.21. The number of aromatic nitrogens is 2. The lowest BCUT2D eigenvalue weighted by atomic mass is 9.84. The number of imidazole rings is 1. The van der Waals surface area contributed by atoms with Crippen molar-refractivity contribution in [2.75, 3.05) is 6.54 Å². The third-order valence-corrected chi connectivity index (χ3v) is 5.20. The fourth-order valence-corrected chi connectivity index (χ4v) is 3.46. The van der Waals surface area contributed by atoms with Gasteiger partial charge in [0.2, 0.25) is 5.91 Å². The second-order valence-electron chi connectivity index (χ2n) is 6.78. The predicted octanol–water partition coefficient (Wildman–Crippen LogP) is 2.11. The highest BCUT2D eigenvalue weighted by molar-refractivity contribution is 5.92. The Labute approximate surface area is 146 Å². The summed E-state index contributed by atoms with van der Waals surface area (Å²) >= 11 is 0. The van der Waals surface area contributed by atoms with Crippen molar-refractivity contribution in [3.8, 4) is 0 Å². The van der Waals surface area contributed by atoms with E-state index in [0.29, 0.717) is 31.1 Å². The first-order chi connectivity index (χ1) is 12.1. The van der Waals surface area contributed by atoms with Crippen LogP contribution >= 0.6 is 0 Å². The van der Waals surface area contributed by atoms with Gasteiger partial charge in [0.25, 0.3) is 5.91 Å². The number of nitrogens with zero attached hydrogens (tertiary/aromatic N) is 3. The molecule has 0 aromatic carbocycles. The Morgan fingerprint density at radius 2 is 2.20 bits per heavy atom. The van der Waals surface area contributed by atoms with E-state index in [-0.39, 0.29) is 23.8 Å². The van der Waals surface area contributed by atoms with E-state index in [1.807, 2.05) is 22.5 Å². The number of furan rings is 1. The summed E-state index contributed by atoms with van der Waals surface area (Å²) in [5.41, 5.74) is 0.381. The molecular weight excluding hydrogens is 320 g/mol. The monoisotopic (exact) mass is 342 g/mol. The van der Waals surface area contributed by atoms with Crippen molar-refractivity contribution >= 4 is 11.8 Å². The van der Waals surface area contributed by atoms with Gasteiger partial charge in [0.05, 0.1) is 18.8 Å². The average molecular weight is 342 g/mol. The van der Waals surface area contributed by atoms with Gasteiger partial charge in [0.15, 0.2) is 0 Å². The Hall–Kier alpha value is -2.57. The maximum Gasteiger partial charge on any atom is 0.271 e. The van der Waals surface area contributed by atoms with E-state index in [0.717, 1.165) is 25.1 Å². The number of hydrogen-bond acceptors (Lipinski definition) is 4. The van der Waals surface area contributed by atoms with Crippen molar-refractivity contribution in [1.29, 1.82) is 0 Å². The first kappa shape index (κ1) is 15.9. The third kappa shape index (κ3) is 2.94. The van der Waals surface area contributed by atoms with Gasteiger partial charge in [0, 0.05) is 25.2 Å². The third-order valence-electron chi connectivity index (χ3n) is 5.20. The maximum absolute atomic E-state index is 12.6. The van der Waals surface area contributed by atoms with Gasteiger partial charge in [-0.1, -0.05) is 6.42 Å². The fraction of sp³-hybridized carbons (Fsp3) is 0.500. The molecule has 132 valence electrons. The normalized spacial score (nSPS) is 20.0. The molecule has 25 heavy (non-hydrogen) atoms. The van der Waals surface area contributed by atoms with E-state index in [4.69, 9.17) is 4.42 Å². The SMILES string of the molecule is C[C@@H]1c2nc(C(=O)NCc3ccco3)cn2CCN1C(=O)C1CCC1. The van der Waals surface area contributed by atoms with Gasteiger partial charge >= 0.3 is 0 Å². The first-order valence-corrected chi connectivity index (χ1v) is 8.81. The van der Waals surface area contributed by atoms with Crippen LogP contribution in [-0.2, 0) is 17.9 Å². The highest BCUT2D eigenvalue weighted by atomic mass is 16.3. The molecule has 0 bridgehead atoms. The summed E-state index contributed by atoms with van der Waals surface area (Å²) in [4.78, 5) is 31.3. The van der Waals surface area contributed by atoms with E-state index >= 15 is 0 Å². The molecule has 2 aliphatic rings. The highest BCUT2D eigenvalue weighted by Crippen LogP contribution is 2.33. The van der Waals surface area contributed by atoms with Crippen LogP contribution in [0.15, 0.2) is 29.0 Å². The second-order valence-corrected chi connectivity index (χ2v) is 6.78. The van der Waals surface area contributed by atoms with Crippen molar-refractivity contribution in [3.63, 3.8) is 0 Å². The quantitative estimate of drug-likeness (QED) is 0.923. The molecule has 0 unspecified atom stereocenters. The number of fused-ring (bicyclic) bond motifs is 1. The molecule has 2 aromatic heterocycles. The molecule has 2 amide bonds. The van der Waals surface area contributed by atoms with E-state index in [9.17, 15) is 9.59 Å². The number of carbonyl (C=O) groups is 2. The van der Waals surface area contributed by atoms with Crippen LogP contribution in [0.1, 0.15) is 54.3 Å². The zero-order valence-corrected chi connectivity index (χ0v) is 14.3. The van der Waals surface area contributed by atoms with Crippen LogP contribution in [0.4, 0.5) is 0 Å². The minimum absolute atomic E-state index is 0.103. The van der Waals surface area contributed by atoms with Gasteiger partial charge in [-0.25, -0.2) is 4.98 Å². The van der Waals surface area contributed by atoms with Crippen LogP contribution in [0, 0.1) is 5.92 Å². The molecule has 1 fully saturated rings.